The Kier molecular flexibility index (Phi) is 5.47. The molecule has 1 saturated carbocycles. The highest BCUT2D eigenvalue weighted by molar-refractivity contribution is 6.35. The SMILES string of the molecule is ClCc1cc(Cl)cc(Cl)c1OCC1CCCCC1. The third kappa shape index (κ3) is 3.69. The molecule has 0 amide bonds. The molecule has 0 bridgehead atoms. The molecular weight excluding hydrogens is 291 g/mol. The second-order valence-corrected chi connectivity index (χ2v) is 5.94. The lowest BCUT2D eigenvalue weighted by Gasteiger charge is -2.22. The maximum atomic E-state index is 6.16. The smallest absolute Gasteiger partial charge is 0.142 e. The number of halogens is 3. The van der Waals surface area contributed by atoms with Gasteiger partial charge in [0, 0.05) is 10.6 Å². The summed E-state index contributed by atoms with van der Waals surface area (Å²) in [6, 6.07) is 3.52. The molecule has 0 aliphatic heterocycles. The van der Waals surface area contributed by atoms with E-state index in [4.69, 9.17) is 39.5 Å². The van der Waals surface area contributed by atoms with E-state index >= 15 is 0 Å². The minimum atomic E-state index is 0.361. The van der Waals surface area contributed by atoms with Gasteiger partial charge in [0.1, 0.15) is 5.75 Å². The van der Waals surface area contributed by atoms with E-state index in [-0.39, 0.29) is 0 Å². The topological polar surface area (TPSA) is 9.23 Å². The predicted octanol–water partition coefficient (Wildman–Crippen LogP) is 5.69. The highest BCUT2D eigenvalue weighted by Gasteiger charge is 2.16. The van der Waals surface area contributed by atoms with Crippen LogP contribution >= 0.6 is 34.8 Å². The van der Waals surface area contributed by atoms with Crippen molar-refractivity contribution in [3.63, 3.8) is 0 Å². The summed E-state index contributed by atoms with van der Waals surface area (Å²) < 4.78 is 5.88. The minimum absolute atomic E-state index is 0.361. The van der Waals surface area contributed by atoms with Crippen LogP contribution in [-0.4, -0.2) is 6.61 Å². The maximum absolute atomic E-state index is 6.16. The van der Waals surface area contributed by atoms with Gasteiger partial charge in [0.25, 0.3) is 0 Å². The summed E-state index contributed by atoms with van der Waals surface area (Å²) in [5.74, 6) is 1.70. The quantitative estimate of drug-likeness (QED) is 0.649. The molecule has 18 heavy (non-hydrogen) atoms. The highest BCUT2D eigenvalue weighted by atomic mass is 35.5. The van der Waals surface area contributed by atoms with E-state index in [0.29, 0.717) is 27.6 Å². The van der Waals surface area contributed by atoms with Gasteiger partial charge in [-0.3, -0.25) is 0 Å². The van der Waals surface area contributed by atoms with Crippen molar-refractivity contribution in [2.24, 2.45) is 5.92 Å². The van der Waals surface area contributed by atoms with Crippen molar-refractivity contribution in [3.05, 3.63) is 27.7 Å². The molecule has 0 atom stereocenters. The Labute approximate surface area is 123 Å². The summed E-state index contributed by atoms with van der Waals surface area (Å²) in [7, 11) is 0. The van der Waals surface area contributed by atoms with Gasteiger partial charge in [-0.25, -0.2) is 0 Å². The first-order valence-electron chi connectivity index (χ1n) is 6.37. The Morgan fingerprint density at radius 1 is 1.11 bits per heavy atom. The largest absolute Gasteiger partial charge is 0.491 e. The van der Waals surface area contributed by atoms with Crippen LogP contribution < -0.4 is 4.74 Å². The van der Waals surface area contributed by atoms with Gasteiger partial charge in [-0.05, 0) is 30.9 Å². The van der Waals surface area contributed by atoms with Crippen LogP contribution in [0, 0.1) is 5.92 Å². The first kappa shape index (κ1) is 14.3. The van der Waals surface area contributed by atoms with Gasteiger partial charge in [0.15, 0.2) is 0 Å². The summed E-state index contributed by atoms with van der Waals surface area (Å²) in [5.41, 5.74) is 0.866. The summed E-state index contributed by atoms with van der Waals surface area (Å²) in [6.07, 6.45) is 6.48. The van der Waals surface area contributed by atoms with Crippen LogP contribution in [0.1, 0.15) is 37.7 Å². The predicted molar refractivity (Wildman–Crippen MR) is 78.1 cm³/mol. The van der Waals surface area contributed by atoms with Crippen LogP contribution in [0.5, 0.6) is 5.75 Å². The fraction of sp³-hybridized carbons (Fsp3) is 0.571. The number of hydrogen-bond donors (Lipinski definition) is 0. The third-order valence-corrected chi connectivity index (χ3v) is 4.20. The summed E-state index contributed by atoms with van der Waals surface area (Å²) >= 11 is 18.0. The fourth-order valence-corrected chi connectivity index (χ4v) is 3.22. The molecule has 100 valence electrons. The number of alkyl halides is 1. The lowest BCUT2D eigenvalue weighted by atomic mass is 9.90. The monoisotopic (exact) mass is 306 g/mol. The van der Waals surface area contributed by atoms with Crippen molar-refractivity contribution in [2.75, 3.05) is 6.61 Å². The molecule has 2 rings (SSSR count). The van der Waals surface area contributed by atoms with E-state index < -0.39 is 0 Å². The number of ether oxygens (including phenoxy) is 1. The van der Waals surface area contributed by atoms with Crippen molar-refractivity contribution in [2.45, 2.75) is 38.0 Å². The second kappa shape index (κ2) is 6.88. The zero-order valence-electron chi connectivity index (χ0n) is 10.2. The maximum Gasteiger partial charge on any atom is 0.142 e. The molecule has 1 aliphatic rings. The van der Waals surface area contributed by atoms with Crippen molar-refractivity contribution in [1.29, 1.82) is 0 Å². The molecule has 0 saturated heterocycles. The Hall–Kier alpha value is -0.110. The summed E-state index contributed by atoms with van der Waals surface area (Å²) in [4.78, 5) is 0. The molecule has 0 spiro atoms. The second-order valence-electron chi connectivity index (χ2n) is 4.82. The van der Waals surface area contributed by atoms with Crippen LogP contribution in [0.3, 0.4) is 0 Å². The van der Waals surface area contributed by atoms with Gasteiger partial charge in [-0.15, -0.1) is 11.6 Å². The van der Waals surface area contributed by atoms with E-state index in [1.165, 1.54) is 32.1 Å². The van der Waals surface area contributed by atoms with Gasteiger partial charge in [-0.2, -0.15) is 0 Å². The van der Waals surface area contributed by atoms with Crippen molar-refractivity contribution in [1.82, 2.24) is 0 Å². The molecule has 1 fully saturated rings. The molecule has 1 nitrogen and oxygen atoms in total. The minimum Gasteiger partial charge on any atom is -0.491 e. The number of benzene rings is 1. The Bertz CT molecular complexity index is 400. The summed E-state index contributed by atoms with van der Waals surface area (Å²) in [5, 5.41) is 1.15. The van der Waals surface area contributed by atoms with Gasteiger partial charge in [0.2, 0.25) is 0 Å². The first-order valence-corrected chi connectivity index (χ1v) is 7.66. The van der Waals surface area contributed by atoms with Gasteiger partial charge < -0.3 is 4.74 Å². The molecule has 4 heteroatoms. The summed E-state index contributed by atoms with van der Waals surface area (Å²) in [6.45, 7) is 0.727. The van der Waals surface area contributed by atoms with E-state index in [1.807, 2.05) is 6.07 Å². The van der Waals surface area contributed by atoms with Crippen molar-refractivity contribution < 1.29 is 4.74 Å². The number of rotatable bonds is 4. The lowest BCUT2D eigenvalue weighted by molar-refractivity contribution is 0.208. The van der Waals surface area contributed by atoms with Crippen molar-refractivity contribution >= 4 is 34.8 Å². The average molecular weight is 308 g/mol. The van der Waals surface area contributed by atoms with E-state index in [0.717, 1.165) is 12.2 Å². The number of hydrogen-bond acceptors (Lipinski definition) is 1. The Balaban J connectivity index is 2.03. The van der Waals surface area contributed by atoms with Crippen LogP contribution in [0.15, 0.2) is 12.1 Å². The molecule has 1 aromatic carbocycles. The van der Waals surface area contributed by atoms with Crippen LogP contribution in [0.25, 0.3) is 0 Å². The standard InChI is InChI=1S/C14H17Cl3O/c15-8-11-6-12(16)7-13(17)14(11)18-9-10-4-2-1-3-5-10/h6-7,10H,1-5,8-9H2. The van der Waals surface area contributed by atoms with E-state index in [9.17, 15) is 0 Å². The van der Waals surface area contributed by atoms with Crippen LogP contribution in [-0.2, 0) is 5.88 Å². The average Bonchev–Trinajstić information content (AvgIpc) is 2.38. The van der Waals surface area contributed by atoms with Crippen LogP contribution in [0.2, 0.25) is 10.0 Å². The molecule has 0 radical (unpaired) electrons. The lowest BCUT2D eigenvalue weighted by Crippen LogP contribution is -2.15. The molecule has 0 N–H and O–H groups in total. The Morgan fingerprint density at radius 2 is 1.83 bits per heavy atom. The third-order valence-electron chi connectivity index (χ3n) is 3.42. The van der Waals surface area contributed by atoms with Gasteiger partial charge in [-0.1, -0.05) is 42.5 Å². The normalized spacial score (nSPS) is 16.8. The van der Waals surface area contributed by atoms with Crippen molar-refractivity contribution in [3.8, 4) is 5.75 Å². The molecular formula is C14H17Cl3O. The van der Waals surface area contributed by atoms with E-state index in [2.05, 4.69) is 0 Å². The molecule has 1 aliphatic carbocycles. The Morgan fingerprint density at radius 3 is 2.50 bits per heavy atom. The van der Waals surface area contributed by atoms with Gasteiger partial charge >= 0.3 is 0 Å². The molecule has 0 heterocycles. The first-order chi connectivity index (χ1) is 8.70. The molecule has 0 unspecified atom stereocenters. The molecule has 1 aromatic rings. The highest BCUT2D eigenvalue weighted by Crippen LogP contribution is 2.34. The van der Waals surface area contributed by atoms with Gasteiger partial charge in [0.05, 0.1) is 17.5 Å². The van der Waals surface area contributed by atoms with Crippen LogP contribution in [0.4, 0.5) is 0 Å². The fourth-order valence-electron chi connectivity index (χ4n) is 2.43. The van der Waals surface area contributed by atoms with E-state index in [1.54, 1.807) is 6.07 Å². The molecule has 0 aromatic heterocycles. The zero-order valence-corrected chi connectivity index (χ0v) is 12.5. The zero-order chi connectivity index (χ0) is 13.0.